The number of carbonyl (C=O) groups is 1. The summed E-state index contributed by atoms with van der Waals surface area (Å²) < 4.78 is 0. The molecule has 112 valence electrons. The van der Waals surface area contributed by atoms with Gasteiger partial charge in [0, 0.05) is 18.7 Å². The van der Waals surface area contributed by atoms with Crippen LogP contribution >= 0.6 is 0 Å². The molecule has 0 heterocycles. The van der Waals surface area contributed by atoms with Gasteiger partial charge >= 0.3 is 0 Å². The lowest BCUT2D eigenvalue weighted by Crippen LogP contribution is -2.29. The molecule has 3 heteroatoms. The zero-order valence-corrected chi connectivity index (χ0v) is 13.1. The predicted octanol–water partition coefficient (Wildman–Crippen LogP) is 3.70. The maximum Gasteiger partial charge on any atom is 0.225 e. The van der Waals surface area contributed by atoms with Crippen molar-refractivity contribution in [1.82, 2.24) is 4.90 Å². The average molecular weight is 276 g/mol. The Balaban J connectivity index is 2.46. The van der Waals surface area contributed by atoms with E-state index < -0.39 is 0 Å². The molecule has 0 aliphatic heterocycles. The number of nitrogens with zero attached hydrogens (tertiary/aromatic N) is 1. The van der Waals surface area contributed by atoms with Gasteiger partial charge in [0.1, 0.15) is 0 Å². The molecule has 0 unspecified atom stereocenters. The zero-order chi connectivity index (χ0) is 14.8. The molecular weight excluding hydrogens is 248 g/mol. The van der Waals surface area contributed by atoms with Gasteiger partial charge in [-0.1, -0.05) is 39.0 Å². The van der Waals surface area contributed by atoms with Crippen LogP contribution < -0.4 is 5.32 Å². The number of para-hydroxylation sites is 1. The van der Waals surface area contributed by atoms with Crippen molar-refractivity contribution in [1.29, 1.82) is 0 Å². The van der Waals surface area contributed by atoms with Crippen LogP contribution in [0.1, 0.15) is 45.6 Å². The molecule has 0 radical (unpaired) electrons. The number of aryl methyl sites for hydroxylation is 1. The van der Waals surface area contributed by atoms with Crippen molar-refractivity contribution in [2.24, 2.45) is 0 Å². The first-order valence-electron chi connectivity index (χ1n) is 7.81. The summed E-state index contributed by atoms with van der Waals surface area (Å²) in [6.45, 7) is 9.47. The summed E-state index contributed by atoms with van der Waals surface area (Å²) in [6.07, 6.45) is 3.78. The standard InChI is InChI=1S/C17H28N2O/c1-4-12-19(13-5-2)14-11-17(20)18-16-10-8-7-9-15(16)6-3/h7-10H,4-6,11-14H2,1-3H3,(H,18,20). The van der Waals surface area contributed by atoms with E-state index >= 15 is 0 Å². The molecule has 0 saturated carbocycles. The number of nitrogens with one attached hydrogen (secondary N) is 1. The Labute approximate surface area is 123 Å². The fourth-order valence-electron chi connectivity index (χ4n) is 2.39. The van der Waals surface area contributed by atoms with E-state index in [4.69, 9.17) is 0 Å². The second kappa shape index (κ2) is 9.54. The molecule has 3 nitrogen and oxygen atoms in total. The molecular formula is C17H28N2O. The van der Waals surface area contributed by atoms with E-state index in [-0.39, 0.29) is 5.91 Å². The third kappa shape index (κ3) is 5.74. The highest BCUT2D eigenvalue weighted by molar-refractivity contribution is 5.91. The van der Waals surface area contributed by atoms with Gasteiger partial charge in [-0.25, -0.2) is 0 Å². The van der Waals surface area contributed by atoms with Crippen LogP contribution in [0.3, 0.4) is 0 Å². The number of benzene rings is 1. The lowest BCUT2D eigenvalue weighted by atomic mass is 10.1. The van der Waals surface area contributed by atoms with E-state index in [2.05, 4.69) is 37.1 Å². The monoisotopic (exact) mass is 276 g/mol. The smallest absolute Gasteiger partial charge is 0.225 e. The van der Waals surface area contributed by atoms with Gasteiger partial charge in [-0.2, -0.15) is 0 Å². The van der Waals surface area contributed by atoms with Crippen molar-refractivity contribution in [3.63, 3.8) is 0 Å². The second-order valence-corrected chi connectivity index (χ2v) is 5.15. The van der Waals surface area contributed by atoms with E-state index in [0.717, 1.165) is 44.6 Å². The van der Waals surface area contributed by atoms with Crippen molar-refractivity contribution in [3.05, 3.63) is 29.8 Å². The number of carbonyl (C=O) groups excluding carboxylic acids is 1. The molecule has 0 aliphatic carbocycles. The summed E-state index contributed by atoms with van der Waals surface area (Å²) in [5.74, 6) is 0.114. The summed E-state index contributed by atoms with van der Waals surface area (Å²) in [7, 11) is 0. The Bertz CT molecular complexity index is 398. The van der Waals surface area contributed by atoms with E-state index in [1.807, 2.05) is 18.2 Å². The van der Waals surface area contributed by atoms with Gasteiger partial charge in [-0.05, 0) is 44.0 Å². The number of amides is 1. The first kappa shape index (κ1) is 16.7. The molecule has 20 heavy (non-hydrogen) atoms. The summed E-state index contributed by atoms with van der Waals surface area (Å²) >= 11 is 0. The lowest BCUT2D eigenvalue weighted by Gasteiger charge is -2.20. The van der Waals surface area contributed by atoms with Gasteiger partial charge in [0.15, 0.2) is 0 Å². The van der Waals surface area contributed by atoms with E-state index in [1.165, 1.54) is 5.56 Å². The van der Waals surface area contributed by atoms with Crippen molar-refractivity contribution in [3.8, 4) is 0 Å². The first-order chi connectivity index (χ1) is 9.71. The number of rotatable bonds is 9. The molecule has 1 N–H and O–H groups in total. The van der Waals surface area contributed by atoms with E-state index in [9.17, 15) is 4.79 Å². The molecule has 0 atom stereocenters. The molecule has 0 aromatic heterocycles. The van der Waals surface area contributed by atoms with Crippen LogP contribution in [0.4, 0.5) is 5.69 Å². The minimum Gasteiger partial charge on any atom is -0.326 e. The summed E-state index contributed by atoms with van der Waals surface area (Å²) in [4.78, 5) is 14.4. The van der Waals surface area contributed by atoms with Crippen LogP contribution in [-0.2, 0) is 11.2 Å². The van der Waals surface area contributed by atoms with Gasteiger partial charge in [-0.15, -0.1) is 0 Å². The fourth-order valence-corrected chi connectivity index (χ4v) is 2.39. The summed E-state index contributed by atoms with van der Waals surface area (Å²) in [5.41, 5.74) is 2.15. The quantitative estimate of drug-likeness (QED) is 0.746. The van der Waals surface area contributed by atoms with Crippen LogP contribution in [0.2, 0.25) is 0 Å². The minimum atomic E-state index is 0.114. The highest BCUT2D eigenvalue weighted by atomic mass is 16.1. The fraction of sp³-hybridized carbons (Fsp3) is 0.588. The van der Waals surface area contributed by atoms with E-state index in [0.29, 0.717) is 6.42 Å². The summed E-state index contributed by atoms with van der Waals surface area (Å²) in [6, 6.07) is 8.02. The van der Waals surface area contributed by atoms with Crippen LogP contribution in [-0.4, -0.2) is 30.4 Å². The molecule has 1 amide bonds. The molecule has 0 bridgehead atoms. The summed E-state index contributed by atoms with van der Waals surface area (Å²) in [5, 5.41) is 3.04. The maximum absolute atomic E-state index is 12.1. The molecule has 0 spiro atoms. The van der Waals surface area contributed by atoms with Crippen molar-refractivity contribution < 1.29 is 4.79 Å². The van der Waals surface area contributed by atoms with Crippen molar-refractivity contribution in [2.75, 3.05) is 25.0 Å². The van der Waals surface area contributed by atoms with Crippen molar-refractivity contribution in [2.45, 2.75) is 46.5 Å². The Hall–Kier alpha value is -1.35. The molecule has 0 saturated heterocycles. The predicted molar refractivity (Wildman–Crippen MR) is 86.1 cm³/mol. The van der Waals surface area contributed by atoms with Crippen LogP contribution in [0.25, 0.3) is 0 Å². The molecule has 1 aromatic rings. The highest BCUT2D eigenvalue weighted by Crippen LogP contribution is 2.15. The Kier molecular flexibility index (Phi) is 7.97. The first-order valence-corrected chi connectivity index (χ1v) is 7.81. The molecule has 0 aliphatic rings. The Morgan fingerprint density at radius 3 is 2.30 bits per heavy atom. The van der Waals surface area contributed by atoms with Gasteiger partial charge in [0.25, 0.3) is 0 Å². The topological polar surface area (TPSA) is 32.3 Å². The average Bonchev–Trinajstić information content (AvgIpc) is 2.46. The Morgan fingerprint density at radius 2 is 1.70 bits per heavy atom. The number of anilines is 1. The SMILES string of the molecule is CCCN(CCC)CCC(=O)Nc1ccccc1CC. The normalized spacial score (nSPS) is 10.8. The van der Waals surface area contributed by atoms with Crippen molar-refractivity contribution >= 4 is 11.6 Å². The lowest BCUT2D eigenvalue weighted by molar-refractivity contribution is -0.116. The van der Waals surface area contributed by atoms with E-state index in [1.54, 1.807) is 0 Å². The number of hydrogen-bond acceptors (Lipinski definition) is 2. The highest BCUT2D eigenvalue weighted by Gasteiger charge is 2.08. The van der Waals surface area contributed by atoms with Gasteiger partial charge < -0.3 is 10.2 Å². The van der Waals surface area contributed by atoms with Gasteiger partial charge in [-0.3, -0.25) is 4.79 Å². The molecule has 1 rings (SSSR count). The van der Waals surface area contributed by atoms with Crippen LogP contribution in [0.15, 0.2) is 24.3 Å². The molecule has 0 fully saturated rings. The van der Waals surface area contributed by atoms with Crippen LogP contribution in [0.5, 0.6) is 0 Å². The second-order valence-electron chi connectivity index (χ2n) is 5.15. The number of hydrogen-bond donors (Lipinski definition) is 1. The third-order valence-corrected chi connectivity index (χ3v) is 3.41. The maximum atomic E-state index is 12.1. The largest absolute Gasteiger partial charge is 0.326 e. The van der Waals surface area contributed by atoms with Gasteiger partial charge in [0.2, 0.25) is 5.91 Å². The molecule has 1 aromatic carbocycles. The van der Waals surface area contributed by atoms with Crippen LogP contribution in [0, 0.1) is 0 Å². The minimum absolute atomic E-state index is 0.114. The van der Waals surface area contributed by atoms with Gasteiger partial charge in [0.05, 0.1) is 0 Å². The Morgan fingerprint density at radius 1 is 1.05 bits per heavy atom. The zero-order valence-electron chi connectivity index (χ0n) is 13.1. The third-order valence-electron chi connectivity index (χ3n) is 3.41.